The van der Waals surface area contributed by atoms with Crippen LogP contribution in [0.15, 0.2) is 54.7 Å². The molecule has 10 heteroatoms. The van der Waals surface area contributed by atoms with Crippen LogP contribution in [-0.2, 0) is 27.5 Å². The van der Waals surface area contributed by atoms with Gasteiger partial charge >= 0.3 is 0 Å². The Morgan fingerprint density at radius 2 is 1.91 bits per heavy atom. The van der Waals surface area contributed by atoms with E-state index in [1.54, 1.807) is 24.4 Å². The monoisotopic (exact) mass is 444 g/mol. The number of rotatable bonds is 5. The van der Waals surface area contributed by atoms with Crippen LogP contribution in [0.25, 0.3) is 11.3 Å². The Labute approximate surface area is 188 Å². The number of hydrogen-bond donors (Lipinski definition) is 2. The van der Waals surface area contributed by atoms with E-state index in [0.29, 0.717) is 22.5 Å². The van der Waals surface area contributed by atoms with Gasteiger partial charge in [-0.15, -0.1) is 5.10 Å². The third-order valence-corrected chi connectivity index (χ3v) is 5.77. The van der Waals surface area contributed by atoms with Crippen molar-refractivity contribution in [3.05, 3.63) is 65.9 Å². The molecule has 2 N–H and O–H groups in total. The van der Waals surface area contributed by atoms with Crippen molar-refractivity contribution in [1.29, 1.82) is 0 Å². The molecule has 1 atom stereocenters. The van der Waals surface area contributed by atoms with E-state index in [0.717, 1.165) is 5.56 Å². The fraction of sp³-hybridized carbons (Fsp3) is 0.217. The third-order valence-electron chi connectivity index (χ3n) is 5.77. The van der Waals surface area contributed by atoms with Crippen LogP contribution in [0.5, 0.6) is 0 Å². The summed E-state index contributed by atoms with van der Waals surface area (Å²) >= 11 is 0. The van der Waals surface area contributed by atoms with Crippen LogP contribution >= 0.6 is 0 Å². The van der Waals surface area contributed by atoms with Gasteiger partial charge in [-0.1, -0.05) is 41.6 Å². The van der Waals surface area contributed by atoms with Crippen LogP contribution in [0.4, 0.5) is 5.69 Å². The average molecular weight is 444 g/mol. The molecule has 2 aliphatic rings. The van der Waals surface area contributed by atoms with Crippen LogP contribution in [-0.4, -0.2) is 49.6 Å². The van der Waals surface area contributed by atoms with E-state index in [1.165, 1.54) is 9.58 Å². The summed E-state index contributed by atoms with van der Waals surface area (Å²) in [5, 5.41) is 13.3. The van der Waals surface area contributed by atoms with Gasteiger partial charge in [-0.25, -0.2) is 4.68 Å². The third kappa shape index (κ3) is 3.98. The molecule has 0 saturated carbocycles. The highest BCUT2D eigenvalue weighted by atomic mass is 16.2. The summed E-state index contributed by atoms with van der Waals surface area (Å²) in [6, 6.07) is 13.9. The van der Waals surface area contributed by atoms with E-state index in [-0.39, 0.29) is 43.7 Å². The Kier molecular flexibility index (Phi) is 5.17. The van der Waals surface area contributed by atoms with Gasteiger partial charge in [0, 0.05) is 35.3 Å². The van der Waals surface area contributed by atoms with E-state index >= 15 is 0 Å². The minimum Gasteiger partial charge on any atom is -0.324 e. The normalized spacial score (nSPS) is 17.6. The van der Waals surface area contributed by atoms with Gasteiger partial charge in [-0.2, -0.15) is 0 Å². The van der Waals surface area contributed by atoms with Crippen LogP contribution in [0.2, 0.25) is 0 Å². The predicted octanol–water partition coefficient (Wildman–Crippen LogP) is 1.34. The zero-order valence-electron chi connectivity index (χ0n) is 17.5. The molecule has 3 aromatic rings. The highest BCUT2D eigenvalue weighted by molar-refractivity contribution is 6.06. The van der Waals surface area contributed by atoms with Crippen molar-refractivity contribution in [3.8, 4) is 11.3 Å². The maximum atomic E-state index is 12.9. The molecule has 1 unspecified atom stereocenters. The number of anilines is 1. The average Bonchev–Trinajstić information content (AvgIpc) is 3.40. The van der Waals surface area contributed by atoms with E-state index < -0.39 is 11.9 Å². The first kappa shape index (κ1) is 20.6. The Morgan fingerprint density at radius 3 is 2.70 bits per heavy atom. The molecule has 1 aromatic heterocycles. The largest absolute Gasteiger partial charge is 0.324 e. The van der Waals surface area contributed by atoms with Crippen molar-refractivity contribution in [2.45, 2.75) is 32.0 Å². The summed E-state index contributed by atoms with van der Waals surface area (Å²) in [6.07, 6.45) is 2.16. The lowest BCUT2D eigenvalue weighted by Crippen LogP contribution is -2.52. The first-order valence-corrected chi connectivity index (χ1v) is 10.5. The topological polar surface area (TPSA) is 126 Å². The number of carbonyl (C=O) groups excluding carboxylic acids is 4. The first-order chi connectivity index (χ1) is 16.0. The molecule has 166 valence electrons. The molecule has 4 amide bonds. The molecule has 2 aromatic carbocycles. The molecule has 3 heterocycles. The second-order valence-electron chi connectivity index (χ2n) is 7.95. The zero-order chi connectivity index (χ0) is 22.9. The molecule has 1 saturated heterocycles. The fourth-order valence-corrected chi connectivity index (χ4v) is 4.16. The SMILES string of the molecule is O=C1CCC(N2Cc3c(NC(=O)Cn4cc(-c5ccccc5)nn4)cccc3C2=O)C(=O)N1. The molecular formula is C23H20N6O4. The van der Waals surface area contributed by atoms with Crippen LogP contribution in [0.1, 0.15) is 28.8 Å². The highest BCUT2D eigenvalue weighted by Gasteiger charge is 2.39. The summed E-state index contributed by atoms with van der Waals surface area (Å²) < 4.78 is 1.45. The minimum atomic E-state index is -0.710. The van der Waals surface area contributed by atoms with Gasteiger partial charge in [0.05, 0.1) is 6.20 Å². The first-order valence-electron chi connectivity index (χ1n) is 10.5. The number of carbonyl (C=O) groups is 4. The number of fused-ring (bicyclic) bond motifs is 1. The fourth-order valence-electron chi connectivity index (χ4n) is 4.16. The molecule has 10 nitrogen and oxygen atoms in total. The lowest BCUT2D eigenvalue weighted by Gasteiger charge is -2.29. The number of nitrogens with one attached hydrogen (secondary N) is 2. The van der Waals surface area contributed by atoms with Gasteiger partial charge in [-0.05, 0) is 18.6 Å². The van der Waals surface area contributed by atoms with Crippen molar-refractivity contribution in [1.82, 2.24) is 25.2 Å². The molecule has 0 radical (unpaired) electrons. The summed E-state index contributed by atoms with van der Waals surface area (Å²) in [4.78, 5) is 50.7. The smallest absolute Gasteiger partial charge is 0.255 e. The predicted molar refractivity (Wildman–Crippen MR) is 117 cm³/mol. The molecular weight excluding hydrogens is 424 g/mol. The Balaban J connectivity index is 1.29. The van der Waals surface area contributed by atoms with Crippen molar-refractivity contribution in [2.24, 2.45) is 0 Å². The summed E-state index contributed by atoms with van der Waals surface area (Å²) in [6.45, 7) is 0.132. The van der Waals surface area contributed by atoms with Crippen LogP contribution in [0.3, 0.4) is 0 Å². The summed E-state index contributed by atoms with van der Waals surface area (Å²) in [5.74, 6) is -1.42. The number of aromatic nitrogens is 3. The van der Waals surface area contributed by atoms with Crippen molar-refractivity contribution < 1.29 is 19.2 Å². The lowest BCUT2D eigenvalue weighted by atomic mass is 10.0. The lowest BCUT2D eigenvalue weighted by molar-refractivity contribution is -0.137. The standard InChI is InChI=1S/C23H20N6O4/c30-20-10-9-19(22(32)25-20)29-11-16-15(23(29)33)7-4-8-17(16)24-21(31)13-28-12-18(26-27-28)14-5-2-1-3-6-14/h1-8,12,19H,9-11,13H2,(H,24,31)(H,25,30,32). The minimum absolute atomic E-state index is 0.0473. The number of benzene rings is 2. The quantitative estimate of drug-likeness (QED) is 0.572. The van der Waals surface area contributed by atoms with Gasteiger partial charge in [0.25, 0.3) is 5.91 Å². The number of piperidine rings is 1. The van der Waals surface area contributed by atoms with E-state index in [9.17, 15) is 19.2 Å². The van der Waals surface area contributed by atoms with Gasteiger partial charge < -0.3 is 10.2 Å². The van der Waals surface area contributed by atoms with Crippen molar-refractivity contribution >= 4 is 29.3 Å². The number of imide groups is 1. The highest BCUT2D eigenvalue weighted by Crippen LogP contribution is 2.32. The Bertz CT molecular complexity index is 1270. The van der Waals surface area contributed by atoms with E-state index in [2.05, 4.69) is 20.9 Å². The second-order valence-corrected chi connectivity index (χ2v) is 7.95. The van der Waals surface area contributed by atoms with E-state index in [4.69, 9.17) is 0 Å². The van der Waals surface area contributed by atoms with E-state index in [1.807, 2.05) is 30.3 Å². The maximum Gasteiger partial charge on any atom is 0.255 e. The van der Waals surface area contributed by atoms with Gasteiger partial charge in [0.15, 0.2) is 0 Å². The molecule has 0 bridgehead atoms. The molecule has 0 aliphatic carbocycles. The summed E-state index contributed by atoms with van der Waals surface area (Å²) in [7, 11) is 0. The second kappa shape index (κ2) is 8.30. The number of amides is 4. The number of nitrogens with zero attached hydrogens (tertiary/aromatic N) is 4. The Morgan fingerprint density at radius 1 is 1.09 bits per heavy atom. The van der Waals surface area contributed by atoms with Crippen LogP contribution < -0.4 is 10.6 Å². The molecule has 33 heavy (non-hydrogen) atoms. The van der Waals surface area contributed by atoms with Gasteiger partial charge in [0.1, 0.15) is 18.3 Å². The van der Waals surface area contributed by atoms with Crippen molar-refractivity contribution in [2.75, 3.05) is 5.32 Å². The molecule has 5 rings (SSSR count). The van der Waals surface area contributed by atoms with Gasteiger partial charge in [-0.3, -0.25) is 24.5 Å². The number of hydrogen-bond acceptors (Lipinski definition) is 6. The van der Waals surface area contributed by atoms with Crippen LogP contribution in [0, 0.1) is 0 Å². The Hall–Kier alpha value is -4.34. The maximum absolute atomic E-state index is 12.9. The van der Waals surface area contributed by atoms with Crippen molar-refractivity contribution in [3.63, 3.8) is 0 Å². The molecule has 2 aliphatic heterocycles. The molecule has 0 spiro atoms. The zero-order valence-corrected chi connectivity index (χ0v) is 17.5. The van der Waals surface area contributed by atoms with Gasteiger partial charge in [0.2, 0.25) is 17.7 Å². The summed E-state index contributed by atoms with van der Waals surface area (Å²) in [5.41, 5.74) is 3.14. The molecule has 1 fully saturated rings.